The molecule has 1 aromatic rings. The van der Waals surface area contributed by atoms with Crippen LogP contribution in [0.1, 0.15) is 6.92 Å². The van der Waals surface area contributed by atoms with Crippen molar-refractivity contribution >= 4 is 17.3 Å². The fourth-order valence-corrected chi connectivity index (χ4v) is 1.12. The fraction of sp³-hybridized carbons (Fsp3) is 0.364. The molecule has 0 fully saturated rings. The number of anilines is 2. The normalized spacial score (nSPS) is 12.1. The summed E-state index contributed by atoms with van der Waals surface area (Å²) in [5.74, 6) is -0.252. The lowest BCUT2D eigenvalue weighted by molar-refractivity contribution is -0.126. The maximum atomic E-state index is 11.6. The zero-order valence-corrected chi connectivity index (χ0v) is 9.14. The molecule has 1 unspecified atom stereocenters. The topological polar surface area (TPSA) is 84.6 Å². The Labute approximate surface area is 94.2 Å². The highest BCUT2D eigenvalue weighted by Gasteiger charge is 2.12. The number of carbonyl (C=O) groups excluding carboxylic acids is 1. The van der Waals surface area contributed by atoms with Crippen molar-refractivity contribution in [2.75, 3.05) is 24.3 Å². The maximum Gasteiger partial charge on any atom is 0.253 e. The number of amides is 1. The summed E-state index contributed by atoms with van der Waals surface area (Å²) in [5.41, 5.74) is 6.82. The molecule has 0 bridgehead atoms. The lowest BCUT2D eigenvalue weighted by Crippen LogP contribution is -2.28. The minimum Gasteiger partial charge on any atom is -0.399 e. The van der Waals surface area contributed by atoms with Crippen LogP contribution in [0.5, 0.6) is 0 Å². The number of nitrogens with two attached hydrogens (primary N) is 1. The minimum atomic E-state index is -0.593. The summed E-state index contributed by atoms with van der Waals surface area (Å²) in [6.45, 7) is 1.68. The van der Waals surface area contributed by atoms with Gasteiger partial charge < -0.3 is 20.9 Å². The van der Waals surface area contributed by atoms with Gasteiger partial charge in [-0.15, -0.1) is 0 Å². The van der Waals surface area contributed by atoms with Crippen LogP contribution in [0.15, 0.2) is 24.3 Å². The number of nitrogens with one attached hydrogen (secondary N) is 1. The van der Waals surface area contributed by atoms with Crippen molar-refractivity contribution < 1.29 is 14.6 Å². The number of hydrogen-bond donors (Lipinski definition) is 3. The third-order valence-electron chi connectivity index (χ3n) is 2.01. The average Bonchev–Trinajstić information content (AvgIpc) is 2.29. The largest absolute Gasteiger partial charge is 0.399 e. The van der Waals surface area contributed by atoms with Gasteiger partial charge in [-0.05, 0) is 31.2 Å². The number of aliphatic hydroxyl groups excluding tert-OH is 1. The Morgan fingerprint density at radius 3 is 2.69 bits per heavy atom. The molecule has 1 rings (SSSR count). The first-order valence-electron chi connectivity index (χ1n) is 5.02. The summed E-state index contributed by atoms with van der Waals surface area (Å²) in [6, 6.07) is 6.84. The highest BCUT2D eigenvalue weighted by molar-refractivity contribution is 5.93. The SMILES string of the molecule is CC(OCCO)C(=O)Nc1ccc(N)cc1. The van der Waals surface area contributed by atoms with Gasteiger partial charge in [-0.1, -0.05) is 0 Å². The van der Waals surface area contributed by atoms with E-state index in [9.17, 15) is 4.79 Å². The van der Waals surface area contributed by atoms with Crippen molar-refractivity contribution in [3.63, 3.8) is 0 Å². The molecule has 5 heteroatoms. The number of nitrogen functional groups attached to an aromatic ring is 1. The molecule has 1 atom stereocenters. The molecule has 0 heterocycles. The van der Waals surface area contributed by atoms with Gasteiger partial charge in [-0.2, -0.15) is 0 Å². The summed E-state index contributed by atoms with van der Waals surface area (Å²) in [6.07, 6.45) is -0.593. The molecule has 1 aromatic carbocycles. The van der Waals surface area contributed by atoms with Gasteiger partial charge in [0.15, 0.2) is 0 Å². The van der Waals surface area contributed by atoms with Crippen LogP contribution < -0.4 is 11.1 Å². The molecule has 88 valence electrons. The summed E-state index contributed by atoms with van der Waals surface area (Å²) in [7, 11) is 0. The molecule has 5 nitrogen and oxygen atoms in total. The summed E-state index contributed by atoms with van der Waals surface area (Å²) in [4.78, 5) is 11.6. The first kappa shape index (κ1) is 12.5. The third kappa shape index (κ3) is 3.88. The molecule has 4 N–H and O–H groups in total. The van der Waals surface area contributed by atoms with Crippen LogP contribution in [-0.4, -0.2) is 30.3 Å². The fourth-order valence-electron chi connectivity index (χ4n) is 1.12. The van der Waals surface area contributed by atoms with E-state index in [2.05, 4.69) is 5.32 Å². The van der Waals surface area contributed by atoms with Crippen molar-refractivity contribution in [1.82, 2.24) is 0 Å². The Bertz CT molecular complexity index is 338. The van der Waals surface area contributed by atoms with E-state index >= 15 is 0 Å². The average molecular weight is 224 g/mol. The number of hydrogen-bond acceptors (Lipinski definition) is 4. The number of aliphatic hydroxyl groups is 1. The maximum absolute atomic E-state index is 11.6. The predicted molar refractivity (Wildman–Crippen MR) is 62.0 cm³/mol. The standard InChI is InChI=1S/C11H16N2O3/c1-8(16-7-6-14)11(15)13-10-4-2-9(12)3-5-10/h2-5,8,14H,6-7,12H2,1H3,(H,13,15). The molecule has 0 spiro atoms. The Balaban J connectivity index is 2.47. The second kappa shape index (κ2) is 6.09. The van der Waals surface area contributed by atoms with E-state index in [1.54, 1.807) is 31.2 Å². The van der Waals surface area contributed by atoms with E-state index in [0.29, 0.717) is 11.4 Å². The van der Waals surface area contributed by atoms with Crippen LogP contribution in [-0.2, 0) is 9.53 Å². The molecule has 0 aliphatic heterocycles. The molecule has 16 heavy (non-hydrogen) atoms. The van der Waals surface area contributed by atoms with Gasteiger partial charge in [0.25, 0.3) is 5.91 Å². The quantitative estimate of drug-likeness (QED) is 0.639. The van der Waals surface area contributed by atoms with Crippen LogP contribution in [0.3, 0.4) is 0 Å². The second-order valence-corrected chi connectivity index (χ2v) is 3.35. The van der Waals surface area contributed by atoms with Crippen LogP contribution in [0.2, 0.25) is 0 Å². The van der Waals surface area contributed by atoms with Gasteiger partial charge in [-0.25, -0.2) is 0 Å². The zero-order valence-electron chi connectivity index (χ0n) is 9.14. The van der Waals surface area contributed by atoms with Crippen molar-refractivity contribution in [1.29, 1.82) is 0 Å². The van der Waals surface area contributed by atoms with E-state index in [4.69, 9.17) is 15.6 Å². The van der Waals surface area contributed by atoms with E-state index in [1.165, 1.54) is 0 Å². The van der Waals surface area contributed by atoms with E-state index in [-0.39, 0.29) is 19.1 Å². The molecule has 0 aromatic heterocycles. The summed E-state index contributed by atoms with van der Waals surface area (Å²) < 4.78 is 5.06. The summed E-state index contributed by atoms with van der Waals surface area (Å²) >= 11 is 0. The van der Waals surface area contributed by atoms with Crippen LogP contribution >= 0.6 is 0 Å². The van der Waals surface area contributed by atoms with Crippen molar-refractivity contribution in [2.45, 2.75) is 13.0 Å². The second-order valence-electron chi connectivity index (χ2n) is 3.35. The van der Waals surface area contributed by atoms with Crippen LogP contribution in [0.4, 0.5) is 11.4 Å². The Hall–Kier alpha value is -1.59. The molecular formula is C11H16N2O3. The molecule has 0 radical (unpaired) electrons. The zero-order chi connectivity index (χ0) is 12.0. The highest BCUT2D eigenvalue weighted by Crippen LogP contribution is 2.11. The van der Waals surface area contributed by atoms with Crippen molar-refractivity contribution in [3.05, 3.63) is 24.3 Å². The van der Waals surface area contributed by atoms with Crippen molar-refractivity contribution in [2.24, 2.45) is 0 Å². The third-order valence-corrected chi connectivity index (χ3v) is 2.01. The smallest absolute Gasteiger partial charge is 0.253 e. The first-order valence-corrected chi connectivity index (χ1v) is 5.02. The Kier molecular flexibility index (Phi) is 4.75. The number of carbonyl (C=O) groups is 1. The lowest BCUT2D eigenvalue weighted by Gasteiger charge is -2.12. The van der Waals surface area contributed by atoms with E-state index in [1.807, 2.05) is 0 Å². The molecule has 0 aliphatic rings. The van der Waals surface area contributed by atoms with Crippen LogP contribution in [0.25, 0.3) is 0 Å². The molecule has 1 amide bonds. The van der Waals surface area contributed by atoms with Gasteiger partial charge >= 0.3 is 0 Å². The first-order chi connectivity index (χ1) is 7.63. The molecule has 0 saturated heterocycles. The predicted octanol–water partition coefficient (Wildman–Crippen LogP) is 0.605. The lowest BCUT2D eigenvalue weighted by atomic mass is 10.2. The molecule has 0 saturated carbocycles. The van der Waals surface area contributed by atoms with E-state index < -0.39 is 6.10 Å². The van der Waals surface area contributed by atoms with E-state index in [0.717, 1.165) is 0 Å². The number of ether oxygens (including phenoxy) is 1. The monoisotopic (exact) mass is 224 g/mol. The molecular weight excluding hydrogens is 208 g/mol. The van der Waals surface area contributed by atoms with Gasteiger partial charge in [-0.3, -0.25) is 4.79 Å². The Morgan fingerprint density at radius 1 is 1.50 bits per heavy atom. The molecule has 0 aliphatic carbocycles. The number of rotatable bonds is 5. The van der Waals surface area contributed by atoms with Gasteiger partial charge in [0, 0.05) is 11.4 Å². The highest BCUT2D eigenvalue weighted by atomic mass is 16.5. The summed E-state index contributed by atoms with van der Waals surface area (Å²) in [5, 5.41) is 11.2. The number of benzene rings is 1. The Morgan fingerprint density at radius 2 is 2.12 bits per heavy atom. The van der Waals surface area contributed by atoms with Crippen molar-refractivity contribution in [3.8, 4) is 0 Å². The minimum absolute atomic E-state index is 0.0977. The van der Waals surface area contributed by atoms with Gasteiger partial charge in [0.05, 0.1) is 13.2 Å². The van der Waals surface area contributed by atoms with Crippen LogP contribution in [0, 0.1) is 0 Å². The van der Waals surface area contributed by atoms with Gasteiger partial charge in [0.1, 0.15) is 6.10 Å². The van der Waals surface area contributed by atoms with Gasteiger partial charge in [0.2, 0.25) is 0 Å².